The molecule has 4 nitrogen and oxygen atoms in total. The third-order valence-corrected chi connectivity index (χ3v) is 3.68. The second kappa shape index (κ2) is 5.55. The van der Waals surface area contributed by atoms with E-state index in [4.69, 9.17) is 16.9 Å². The van der Waals surface area contributed by atoms with E-state index in [0.717, 1.165) is 31.0 Å². The van der Waals surface area contributed by atoms with E-state index < -0.39 is 0 Å². The molecule has 1 atom stereocenters. The van der Waals surface area contributed by atoms with Crippen molar-refractivity contribution in [2.24, 2.45) is 0 Å². The van der Waals surface area contributed by atoms with E-state index in [1.165, 1.54) is 6.42 Å². The molecule has 5 heteroatoms. The van der Waals surface area contributed by atoms with Gasteiger partial charge in [-0.2, -0.15) is 5.26 Å². The fraction of sp³-hybridized carbons (Fsp3) is 0.538. The number of rotatable bonds is 2. The Morgan fingerprint density at radius 1 is 1.61 bits per heavy atom. The topological polar surface area (TPSA) is 52.0 Å². The summed E-state index contributed by atoms with van der Waals surface area (Å²) in [6, 6.07) is 4.30. The number of halogens is 1. The van der Waals surface area contributed by atoms with Gasteiger partial charge in [0.1, 0.15) is 11.9 Å². The fourth-order valence-electron chi connectivity index (χ4n) is 2.31. The second-order valence-corrected chi connectivity index (χ2v) is 5.02. The summed E-state index contributed by atoms with van der Waals surface area (Å²) >= 11 is 6.23. The summed E-state index contributed by atoms with van der Waals surface area (Å²) in [5.74, 6) is 0.799. The molecule has 2 rings (SSSR count). The number of piperidine rings is 1. The Bertz CT molecular complexity index is 481. The molecule has 1 fully saturated rings. The normalized spacial score (nSPS) is 19.7. The molecule has 0 saturated carbocycles. The van der Waals surface area contributed by atoms with Gasteiger partial charge in [0.15, 0.2) is 0 Å². The lowest BCUT2D eigenvalue weighted by atomic mass is 10.1. The van der Waals surface area contributed by atoms with Crippen molar-refractivity contribution in [2.75, 3.05) is 25.0 Å². The summed E-state index contributed by atoms with van der Waals surface area (Å²) in [6.07, 6.45) is 2.31. The van der Waals surface area contributed by atoms with E-state index in [-0.39, 0.29) is 0 Å². The molecule has 1 aromatic heterocycles. The number of nitrogens with zero attached hydrogens (tertiary/aromatic N) is 3. The predicted octanol–water partition coefficient (Wildman–Crippen LogP) is 2.10. The lowest BCUT2D eigenvalue weighted by molar-refractivity contribution is 0.447. The van der Waals surface area contributed by atoms with E-state index >= 15 is 0 Å². The highest BCUT2D eigenvalue weighted by atomic mass is 35.5. The zero-order valence-electron chi connectivity index (χ0n) is 10.7. The first kappa shape index (κ1) is 13.1. The van der Waals surface area contributed by atoms with Crippen molar-refractivity contribution < 1.29 is 0 Å². The Morgan fingerprint density at radius 2 is 2.39 bits per heavy atom. The van der Waals surface area contributed by atoms with E-state index in [9.17, 15) is 0 Å². The summed E-state index contributed by atoms with van der Waals surface area (Å²) < 4.78 is 0. The zero-order chi connectivity index (χ0) is 13.1. The van der Waals surface area contributed by atoms with Gasteiger partial charge in [-0.3, -0.25) is 0 Å². The lowest BCUT2D eigenvalue weighted by Gasteiger charge is -2.34. The molecule has 0 radical (unpaired) electrons. The second-order valence-electron chi connectivity index (χ2n) is 4.61. The maximum absolute atomic E-state index is 8.95. The van der Waals surface area contributed by atoms with Crippen LogP contribution in [0.1, 0.15) is 24.1 Å². The molecule has 0 bridgehead atoms. The molecule has 0 aliphatic carbocycles. The number of aryl methyl sites for hydroxylation is 1. The van der Waals surface area contributed by atoms with Crippen LogP contribution in [0.2, 0.25) is 5.02 Å². The van der Waals surface area contributed by atoms with Crippen LogP contribution in [0.15, 0.2) is 6.07 Å². The Hall–Kier alpha value is -1.31. The molecule has 1 saturated heterocycles. The van der Waals surface area contributed by atoms with Gasteiger partial charge in [-0.05, 0) is 32.9 Å². The van der Waals surface area contributed by atoms with Crippen molar-refractivity contribution in [3.05, 3.63) is 22.3 Å². The number of aromatic nitrogens is 1. The Labute approximate surface area is 113 Å². The third kappa shape index (κ3) is 2.58. The van der Waals surface area contributed by atoms with Crippen LogP contribution in [-0.4, -0.2) is 31.2 Å². The molecule has 0 amide bonds. The van der Waals surface area contributed by atoms with Crippen LogP contribution in [-0.2, 0) is 0 Å². The standard InChI is InChI=1S/C13H17ClN4/c1-9-10(7-15)6-12(14)13(17-9)18-5-3-4-11(8-18)16-2/h6,11,16H,3-5,8H2,1-2H3. The summed E-state index contributed by atoms with van der Waals surface area (Å²) in [6.45, 7) is 3.72. The van der Waals surface area contributed by atoms with Gasteiger partial charge in [-0.1, -0.05) is 11.6 Å². The summed E-state index contributed by atoms with van der Waals surface area (Å²) in [4.78, 5) is 6.68. The maximum Gasteiger partial charge on any atom is 0.147 e. The van der Waals surface area contributed by atoms with Crippen molar-refractivity contribution in [1.82, 2.24) is 10.3 Å². The summed E-state index contributed by atoms with van der Waals surface area (Å²) in [5, 5.41) is 12.8. The first-order chi connectivity index (χ1) is 8.65. The molecule has 96 valence electrons. The number of likely N-dealkylation sites (N-methyl/N-ethyl adjacent to an activating group) is 1. The number of anilines is 1. The van der Waals surface area contributed by atoms with E-state index in [2.05, 4.69) is 21.3 Å². The maximum atomic E-state index is 8.95. The predicted molar refractivity (Wildman–Crippen MR) is 73.0 cm³/mol. The van der Waals surface area contributed by atoms with Gasteiger partial charge in [0.25, 0.3) is 0 Å². The number of nitrogens with one attached hydrogen (secondary N) is 1. The minimum atomic E-state index is 0.479. The van der Waals surface area contributed by atoms with Gasteiger partial charge < -0.3 is 10.2 Å². The van der Waals surface area contributed by atoms with Crippen LogP contribution in [0.4, 0.5) is 5.82 Å². The Balaban J connectivity index is 2.28. The van der Waals surface area contributed by atoms with Crippen LogP contribution in [0.25, 0.3) is 0 Å². The van der Waals surface area contributed by atoms with Crippen LogP contribution < -0.4 is 10.2 Å². The number of hydrogen-bond donors (Lipinski definition) is 1. The smallest absolute Gasteiger partial charge is 0.147 e. The van der Waals surface area contributed by atoms with Crippen molar-refractivity contribution >= 4 is 17.4 Å². The molecule has 1 aliphatic heterocycles. The highest BCUT2D eigenvalue weighted by Gasteiger charge is 2.22. The van der Waals surface area contributed by atoms with E-state index in [1.54, 1.807) is 6.07 Å². The molecule has 2 heterocycles. The zero-order valence-corrected chi connectivity index (χ0v) is 11.5. The average Bonchev–Trinajstić information content (AvgIpc) is 2.41. The Kier molecular flexibility index (Phi) is 4.05. The van der Waals surface area contributed by atoms with Gasteiger partial charge in [0.05, 0.1) is 16.3 Å². The number of pyridine rings is 1. The van der Waals surface area contributed by atoms with Gasteiger partial charge in [0, 0.05) is 19.1 Å². The van der Waals surface area contributed by atoms with Crippen LogP contribution in [0.5, 0.6) is 0 Å². The number of nitriles is 1. The van der Waals surface area contributed by atoms with E-state index in [1.807, 2.05) is 14.0 Å². The largest absolute Gasteiger partial charge is 0.354 e. The van der Waals surface area contributed by atoms with Gasteiger partial charge >= 0.3 is 0 Å². The first-order valence-corrected chi connectivity index (χ1v) is 6.53. The van der Waals surface area contributed by atoms with Gasteiger partial charge in [-0.15, -0.1) is 0 Å². The van der Waals surface area contributed by atoms with Crippen molar-refractivity contribution in [1.29, 1.82) is 5.26 Å². The number of hydrogen-bond acceptors (Lipinski definition) is 4. The molecule has 1 aromatic rings. The first-order valence-electron chi connectivity index (χ1n) is 6.15. The minimum Gasteiger partial charge on any atom is -0.354 e. The van der Waals surface area contributed by atoms with Crippen LogP contribution >= 0.6 is 11.6 Å². The molecule has 18 heavy (non-hydrogen) atoms. The SMILES string of the molecule is CNC1CCCN(c2nc(C)c(C#N)cc2Cl)C1. The third-order valence-electron chi connectivity index (χ3n) is 3.40. The molecule has 0 aromatic carbocycles. The quantitative estimate of drug-likeness (QED) is 0.889. The molecule has 0 spiro atoms. The molecule has 1 aliphatic rings. The highest BCUT2D eigenvalue weighted by Crippen LogP contribution is 2.28. The monoisotopic (exact) mass is 264 g/mol. The van der Waals surface area contributed by atoms with Crippen LogP contribution in [0, 0.1) is 18.3 Å². The van der Waals surface area contributed by atoms with Crippen molar-refractivity contribution in [3.63, 3.8) is 0 Å². The molecule has 1 N–H and O–H groups in total. The Morgan fingerprint density at radius 3 is 3.06 bits per heavy atom. The molecular formula is C13H17ClN4. The molecular weight excluding hydrogens is 248 g/mol. The molecule has 1 unspecified atom stereocenters. The highest BCUT2D eigenvalue weighted by molar-refractivity contribution is 6.33. The summed E-state index contributed by atoms with van der Waals surface area (Å²) in [7, 11) is 1.98. The van der Waals surface area contributed by atoms with Crippen molar-refractivity contribution in [3.8, 4) is 6.07 Å². The lowest BCUT2D eigenvalue weighted by Crippen LogP contribution is -2.44. The minimum absolute atomic E-state index is 0.479. The van der Waals surface area contributed by atoms with Gasteiger partial charge in [0.2, 0.25) is 0 Å². The van der Waals surface area contributed by atoms with E-state index in [0.29, 0.717) is 16.6 Å². The average molecular weight is 265 g/mol. The van der Waals surface area contributed by atoms with Crippen LogP contribution in [0.3, 0.4) is 0 Å². The van der Waals surface area contributed by atoms with Gasteiger partial charge in [-0.25, -0.2) is 4.98 Å². The summed E-state index contributed by atoms with van der Waals surface area (Å²) in [5.41, 5.74) is 1.29. The van der Waals surface area contributed by atoms with Crippen molar-refractivity contribution in [2.45, 2.75) is 25.8 Å². The fourth-order valence-corrected chi connectivity index (χ4v) is 2.58.